The Kier molecular flexibility index (Phi) is 6.88. The molecule has 0 radical (unpaired) electrons. The second-order valence-corrected chi connectivity index (χ2v) is 7.83. The minimum atomic E-state index is -0.187. The van der Waals surface area contributed by atoms with Crippen LogP contribution in [0.25, 0.3) is 10.6 Å². The van der Waals surface area contributed by atoms with E-state index in [0.717, 1.165) is 26.1 Å². The van der Waals surface area contributed by atoms with E-state index in [1.807, 2.05) is 13.8 Å². The van der Waals surface area contributed by atoms with Gasteiger partial charge in [0.25, 0.3) is 5.91 Å². The van der Waals surface area contributed by atoms with Crippen LogP contribution in [-0.2, 0) is 6.54 Å². The lowest BCUT2D eigenvalue weighted by atomic mass is 10.2. The summed E-state index contributed by atoms with van der Waals surface area (Å²) in [5, 5.41) is 6.46. The van der Waals surface area contributed by atoms with Crippen molar-refractivity contribution in [3.8, 4) is 10.6 Å². The second-order valence-electron chi connectivity index (χ2n) is 5.86. The molecule has 5 nitrogen and oxygen atoms in total. The van der Waals surface area contributed by atoms with Gasteiger partial charge in [-0.3, -0.25) is 4.79 Å². The predicted molar refractivity (Wildman–Crippen MR) is 110 cm³/mol. The molecule has 0 bridgehead atoms. The largest absolute Gasteiger partial charge is 0.343 e. The Hall–Kier alpha value is -1.80. The summed E-state index contributed by atoms with van der Waals surface area (Å²) < 4.78 is 0. The monoisotopic (exact) mass is 408 g/mol. The molecule has 1 aromatic carbocycles. The minimum absolute atomic E-state index is 0. The predicted octanol–water partition coefficient (Wildman–Crippen LogP) is 4.25. The summed E-state index contributed by atoms with van der Waals surface area (Å²) in [6.45, 7) is 6.35. The molecule has 0 saturated heterocycles. The smallest absolute Gasteiger partial charge is 0.271 e. The number of hydrogen-bond donors (Lipinski definition) is 2. The summed E-state index contributed by atoms with van der Waals surface area (Å²) in [5.74, 6) is -0.187. The van der Waals surface area contributed by atoms with Crippen molar-refractivity contribution in [3.05, 3.63) is 56.5 Å². The van der Waals surface area contributed by atoms with E-state index in [-0.39, 0.29) is 24.4 Å². The Balaban J connectivity index is 0.00000243. The number of aryl methyl sites for hydroxylation is 2. The third-order valence-corrected chi connectivity index (χ3v) is 6.09. The molecule has 3 rings (SSSR count). The molecular weight excluding hydrogens is 388 g/mol. The number of nitrogens with two attached hydrogens (primary N) is 1. The Labute approximate surface area is 167 Å². The van der Waals surface area contributed by atoms with Gasteiger partial charge in [-0.15, -0.1) is 35.1 Å². The summed E-state index contributed by atoms with van der Waals surface area (Å²) in [6, 6.07) is 8.17. The zero-order chi connectivity index (χ0) is 18.0. The van der Waals surface area contributed by atoms with Gasteiger partial charge in [0.15, 0.2) is 0 Å². The fourth-order valence-electron chi connectivity index (χ4n) is 2.47. The van der Waals surface area contributed by atoms with Crippen LogP contribution >= 0.6 is 35.1 Å². The van der Waals surface area contributed by atoms with Crippen LogP contribution in [0, 0.1) is 13.8 Å². The van der Waals surface area contributed by atoms with Gasteiger partial charge in [-0.1, -0.05) is 29.8 Å². The standard InChI is InChI=1S/C18H20N4OS2.ClH/c1-10-4-6-13(7-5-10)18-21-12(3)16(25-18)11(2)20-17(23)14-9-24-15(8-19)22-14;/h4-7,9,11H,8,19H2,1-3H3,(H,20,23);1H. The van der Waals surface area contributed by atoms with Crippen molar-refractivity contribution in [2.45, 2.75) is 33.4 Å². The molecule has 1 unspecified atom stereocenters. The van der Waals surface area contributed by atoms with Crippen LogP contribution < -0.4 is 11.1 Å². The SMILES string of the molecule is Cc1ccc(-c2nc(C)c(C(C)NC(=O)c3csc(CN)n3)s2)cc1.Cl. The number of benzene rings is 1. The molecule has 0 aliphatic heterocycles. The first-order valence-electron chi connectivity index (χ1n) is 7.97. The molecule has 0 saturated carbocycles. The lowest BCUT2D eigenvalue weighted by molar-refractivity contribution is 0.0936. The molecule has 1 atom stereocenters. The van der Waals surface area contributed by atoms with Gasteiger partial charge in [0.1, 0.15) is 15.7 Å². The molecule has 26 heavy (non-hydrogen) atoms. The maximum Gasteiger partial charge on any atom is 0.271 e. The maximum absolute atomic E-state index is 12.4. The zero-order valence-corrected chi connectivity index (χ0v) is 17.2. The molecule has 8 heteroatoms. The summed E-state index contributed by atoms with van der Waals surface area (Å²) in [7, 11) is 0. The number of amides is 1. The van der Waals surface area contributed by atoms with E-state index in [1.165, 1.54) is 16.9 Å². The Morgan fingerprint density at radius 2 is 1.92 bits per heavy atom. The van der Waals surface area contributed by atoms with Crippen LogP contribution in [0.1, 0.15) is 44.6 Å². The van der Waals surface area contributed by atoms with Crippen molar-refractivity contribution in [1.29, 1.82) is 0 Å². The zero-order valence-electron chi connectivity index (χ0n) is 14.8. The van der Waals surface area contributed by atoms with E-state index in [0.29, 0.717) is 12.2 Å². The number of carbonyl (C=O) groups is 1. The first-order valence-corrected chi connectivity index (χ1v) is 9.67. The quantitative estimate of drug-likeness (QED) is 0.661. The fourth-order valence-corrected chi connectivity index (χ4v) is 4.20. The number of nitrogens with one attached hydrogen (secondary N) is 1. The van der Waals surface area contributed by atoms with Crippen LogP contribution in [0.5, 0.6) is 0 Å². The topological polar surface area (TPSA) is 80.9 Å². The summed E-state index contributed by atoms with van der Waals surface area (Å²) >= 11 is 3.01. The van der Waals surface area contributed by atoms with E-state index < -0.39 is 0 Å². The van der Waals surface area contributed by atoms with E-state index in [1.54, 1.807) is 16.7 Å². The number of halogens is 1. The highest BCUT2D eigenvalue weighted by Crippen LogP contribution is 2.32. The van der Waals surface area contributed by atoms with Gasteiger partial charge in [-0.25, -0.2) is 9.97 Å². The molecule has 2 aromatic heterocycles. The molecule has 0 aliphatic carbocycles. The van der Waals surface area contributed by atoms with Crippen LogP contribution in [0.4, 0.5) is 0 Å². The number of carbonyl (C=O) groups excluding carboxylic acids is 1. The molecular formula is C18H21ClN4OS2. The Morgan fingerprint density at radius 3 is 2.54 bits per heavy atom. The van der Waals surface area contributed by atoms with Crippen LogP contribution in [-0.4, -0.2) is 15.9 Å². The minimum Gasteiger partial charge on any atom is -0.343 e. The highest BCUT2D eigenvalue weighted by Gasteiger charge is 2.19. The fraction of sp³-hybridized carbons (Fsp3) is 0.278. The molecule has 3 aromatic rings. The van der Waals surface area contributed by atoms with Crippen molar-refractivity contribution in [1.82, 2.24) is 15.3 Å². The van der Waals surface area contributed by atoms with Gasteiger partial charge >= 0.3 is 0 Å². The number of hydrogen-bond acceptors (Lipinski definition) is 6. The Bertz CT molecular complexity index is 889. The third-order valence-electron chi connectivity index (χ3n) is 3.83. The lowest BCUT2D eigenvalue weighted by Gasteiger charge is -2.11. The second kappa shape index (κ2) is 8.73. The number of rotatable bonds is 5. The normalized spacial score (nSPS) is 11.7. The lowest BCUT2D eigenvalue weighted by Crippen LogP contribution is -2.26. The van der Waals surface area contributed by atoms with Gasteiger partial charge in [0, 0.05) is 17.5 Å². The van der Waals surface area contributed by atoms with Gasteiger partial charge in [0.2, 0.25) is 0 Å². The Morgan fingerprint density at radius 1 is 1.23 bits per heavy atom. The van der Waals surface area contributed by atoms with Gasteiger partial charge < -0.3 is 11.1 Å². The molecule has 3 N–H and O–H groups in total. The van der Waals surface area contributed by atoms with E-state index in [9.17, 15) is 4.79 Å². The van der Waals surface area contributed by atoms with E-state index in [4.69, 9.17) is 5.73 Å². The highest BCUT2D eigenvalue weighted by atomic mass is 35.5. The molecule has 1 amide bonds. The van der Waals surface area contributed by atoms with E-state index in [2.05, 4.69) is 46.5 Å². The first-order chi connectivity index (χ1) is 12.0. The van der Waals surface area contributed by atoms with Crippen molar-refractivity contribution < 1.29 is 4.79 Å². The van der Waals surface area contributed by atoms with E-state index >= 15 is 0 Å². The van der Waals surface area contributed by atoms with Gasteiger partial charge in [-0.05, 0) is 20.8 Å². The van der Waals surface area contributed by atoms with Crippen molar-refractivity contribution in [2.24, 2.45) is 5.73 Å². The number of nitrogens with zero attached hydrogens (tertiary/aromatic N) is 2. The van der Waals surface area contributed by atoms with Crippen LogP contribution in [0.3, 0.4) is 0 Å². The summed E-state index contributed by atoms with van der Waals surface area (Å²) in [6.07, 6.45) is 0. The molecule has 0 spiro atoms. The number of thiazole rings is 2. The molecule has 138 valence electrons. The third kappa shape index (κ3) is 4.48. The average molecular weight is 409 g/mol. The van der Waals surface area contributed by atoms with Crippen molar-refractivity contribution in [3.63, 3.8) is 0 Å². The van der Waals surface area contributed by atoms with Gasteiger partial charge in [-0.2, -0.15) is 0 Å². The average Bonchev–Trinajstić information content (AvgIpc) is 3.22. The number of aromatic nitrogens is 2. The molecule has 0 aliphatic rings. The van der Waals surface area contributed by atoms with Crippen molar-refractivity contribution >= 4 is 41.0 Å². The maximum atomic E-state index is 12.4. The summed E-state index contributed by atoms with van der Waals surface area (Å²) in [4.78, 5) is 22.3. The van der Waals surface area contributed by atoms with Gasteiger partial charge in [0.05, 0.1) is 16.6 Å². The molecule has 0 fully saturated rings. The molecule has 2 heterocycles. The first kappa shape index (κ1) is 20.5. The van der Waals surface area contributed by atoms with Crippen LogP contribution in [0.15, 0.2) is 29.6 Å². The van der Waals surface area contributed by atoms with Crippen molar-refractivity contribution in [2.75, 3.05) is 0 Å². The summed E-state index contributed by atoms with van der Waals surface area (Å²) in [5.41, 5.74) is 9.22. The van der Waals surface area contributed by atoms with Crippen LogP contribution in [0.2, 0.25) is 0 Å². The highest BCUT2D eigenvalue weighted by molar-refractivity contribution is 7.15.